The van der Waals surface area contributed by atoms with Gasteiger partial charge in [-0.15, -0.1) is 0 Å². The van der Waals surface area contributed by atoms with Crippen LogP contribution in [-0.2, 0) is 17.4 Å². The first kappa shape index (κ1) is 14.6. The van der Waals surface area contributed by atoms with Crippen molar-refractivity contribution in [3.05, 3.63) is 40.5 Å². The lowest BCUT2D eigenvalue weighted by molar-refractivity contribution is -0.141. The number of rotatable bonds is 3. The molecule has 1 aliphatic carbocycles. The molecule has 0 radical (unpaired) electrons. The molecule has 0 aromatic heterocycles. The van der Waals surface area contributed by atoms with Crippen LogP contribution in [0.5, 0.6) is 0 Å². The van der Waals surface area contributed by atoms with E-state index in [0.29, 0.717) is 17.6 Å². The molecule has 1 unspecified atom stereocenters. The van der Waals surface area contributed by atoms with Crippen molar-refractivity contribution in [2.75, 3.05) is 0 Å². The zero-order chi connectivity index (χ0) is 15.1. The number of fused-ring (bicyclic) bond motifs is 1. The molecule has 1 aromatic carbocycles. The third-order valence-corrected chi connectivity index (χ3v) is 3.54. The maximum atomic E-state index is 12.7. The van der Waals surface area contributed by atoms with Gasteiger partial charge in [0.2, 0.25) is 0 Å². The lowest BCUT2D eigenvalue weighted by Crippen LogP contribution is -2.22. The number of carbonyl (C=O) groups is 1. The van der Waals surface area contributed by atoms with E-state index >= 15 is 0 Å². The molecule has 0 aliphatic heterocycles. The SMILES string of the molecule is CC(C)C(C(=O)O)C1=Cc2cc(C(F)(F)F)ccc2C1. The zero-order valence-corrected chi connectivity index (χ0v) is 11.2. The number of hydrogen-bond donors (Lipinski definition) is 1. The number of carboxylic acids is 1. The van der Waals surface area contributed by atoms with Crippen LogP contribution in [0, 0.1) is 11.8 Å². The van der Waals surface area contributed by atoms with Gasteiger partial charge in [-0.1, -0.05) is 31.6 Å². The average molecular weight is 284 g/mol. The molecule has 1 aromatic rings. The van der Waals surface area contributed by atoms with Crippen LogP contribution < -0.4 is 0 Å². The largest absolute Gasteiger partial charge is 0.481 e. The van der Waals surface area contributed by atoms with E-state index in [9.17, 15) is 23.1 Å². The van der Waals surface area contributed by atoms with Gasteiger partial charge in [-0.2, -0.15) is 13.2 Å². The van der Waals surface area contributed by atoms with E-state index in [1.165, 1.54) is 6.07 Å². The maximum Gasteiger partial charge on any atom is 0.416 e. The molecule has 0 amide bonds. The van der Waals surface area contributed by atoms with Crippen molar-refractivity contribution < 1.29 is 23.1 Å². The molecule has 0 saturated heterocycles. The topological polar surface area (TPSA) is 37.3 Å². The van der Waals surface area contributed by atoms with Gasteiger partial charge in [-0.3, -0.25) is 4.79 Å². The van der Waals surface area contributed by atoms with Crippen LogP contribution in [0.1, 0.15) is 30.5 Å². The zero-order valence-electron chi connectivity index (χ0n) is 11.2. The normalized spacial score (nSPS) is 16.0. The van der Waals surface area contributed by atoms with E-state index in [2.05, 4.69) is 0 Å². The van der Waals surface area contributed by atoms with E-state index < -0.39 is 23.6 Å². The summed E-state index contributed by atoms with van der Waals surface area (Å²) in [5.41, 5.74) is 1.19. The fraction of sp³-hybridized carbons (Fsp3) is 0.400. The van der Waals surface area contributed by atoms with E-state index in [-0.39, 0.29) is 5.92 Å². The highest BCUT2D eigenvalue weighted by Gasteiger charge is 2.33. The van der Waals surface area contributed by atoms with Gasteiger partial charge in [0.1, 0.15) is 0 Å². The van der Waals surface area contributed by atoms with Gasteiger partial charge in [0.15, 0.2) is 0 Å². The van der Waals surface area contributed by atoms with E-state index in [1.54, 1.807) is 19.9 Å². The van der Waals surface area contributed by atoms with Crippen molar-refractivity contribution in [2.24, 2.45) is 11.8 Å². The Morgan fingerprint density at radius 2 is 1.95 bits per heavy atom. The Bertz CT molecular complexity index is 571. The van der Waals surface area contributed by atoms with Crippen molar-refractivity contribution in [3.8, 4) is 0 Å². The van der Waals surface area contributed by atoms with Crippen molar-refractivity contribution in [3.63, 3.8) is 0 Å². The molecule has 108 valence electrons. The van der Waals surface area contributed by atoms with Gasteiger partial charge in [-0.25, -0.2) is 0 Å². The quantitative estimate of drug-likeness (QED) is 0.910. The van der Waals surface area contributed by atoms with Gasteiger partial charge < -0.3 is 5.11 Å². The first-order valence-electron chi connectivity index (χ1n) is 6.33. The number of hydrogen-bond acceptors (Lipinski definition) is 1. The second-order valence-corrected chi connectivity index (χ2v) is 5.37. The Labute approximate surface area is 114 Å². The highest BCUT2D eigenvalue weighted by Crippen LogP contribution is 2.37. The summed E-state index contributed by atoms with van der Waals surface area (Å²) in [5.74, 6) is -1.69. The van der Waals surface area contributed by atoms with Crippen LogP contribution in [0.25, 0.3) is 6.08 Å². The second-order valence-electron chi connectivity index (χ2n) is 5.37. The molecule has 2 rings (SSSR count). The highest BCUT2D eigenvalue weighted by atomic mass is 19.4. The Morgan fingerprint density at radius 1 is 1.30 bits per heavy atom. The Morgan fingerprint density at radius 3 is 2.45 bits per heavy atom. The lowest BCUT2D eigenvalue weighted by Gasteiger charge is -2.17. The Balaban J connectivity index is 2.36. The van der Waals surface area contributed by atoms with Crippen molar-refractivity contribution in [2.45, 2.75) is 26.4 Å². The molecule has 20 heavy (non-hydrogen) atoms. The molecule has 0 heterocycles. The van der Waals surface area contributed by atoms with Gasteiger partial charge >= 0.3 is 12.1 Å². The van der Waals surface area contributed by atoms with Gasteiger partial charge in [0.25, 0.3) is 0 Å². The molecule has 0 fully saturated rings. The smallest absolute Gasteiger partial charge is 0.416 e. The molecule has 0 saturated carbocycles. The van der Waals surface area contributed by atoms with Crippen molar-refractivity contribution >= 4 is 12.0 Å². The minimum absolute atomic E-state index is 0.102. The van der Waals surface area contributed by atoms with Gasteiger partial charge in [0.05, 0.1) is 11.5 Å². The molecule has 5 heteroatoms. The van der Waals surface area contributed by atoms with Crippen LogP contribution in [0.15, 0.2) is 23.8 Å². The standard InChI is InChI=1S/C15H15F3O2/c1-8(2)13(14(19)20)11-5-9-3-4-12(15(16,17)18)7-10(9)6-11/h3-4,6-8,13H,5H2,1-2H3,(H,19,20). The van der Waals surface area contributed by atoms with Gasteiger partial charge in [-0.05, 0) is 35.6 Å². The average Bonchev–Trinajstić information content (AvgIpc) is 2.68. The lowest BCUT2D eigenvalue weighted by atomic mass is 9.87. The third-order valence-electron chi connectivity index (χ3n) is 3.54. The minimum atomic E-state index is -4.38. The summed E-state index contributed by atoms with van der Waals surface area (Å²) in [6.45, 7) is 3.59. The minimum Gasteiger partial charge on any atom is -0.481 e. The summed E-state index contributed by atoms with van der Waals surface area (Å²) in [6, 6.07) is 3.56. The third kappa shape index (κ3) is 2.71. The number of aliphatic carboxylic acids is 1. The summed E-state index contributed by atoms with van der Waals surface area (Å²) >= 11 is 0. The second kappa shape index (κ2) is 4.96. The fourth-order valence-corrected chi connectivity index (χ4v) is 2.61. The fourth-order valence-electron chi connectivity index (χ4n) is 2.61. The number of carboxylic acid groups (broad SMARTS) is 1. The van der Waals surface area contributed by atoms with E-state index in [4.69, 9.17) is 0 Å². The number of alkyl halides is 3. The van der Waals surface area contributed by atoms with Crippen LogP contribution >= 0.6 is 0 Å². The Hall–Kier alpha value is -1.78. The predicted octanol–water partition coefficient (Wildman–Crippen LogP) is 4.00. The number of benzene rings is 1. The summed E-state index contributed by atoms with van der Waals surface area (Å²) < 4.78 is 38.0. The molecular weight excluding hydrogens is 269 g/mol. The number of halogens is 3. The molecule has 0 spiro atoms. The summed E-state index contributed by atoms with van der Waals surface area (Å²) in [6.07, 6.45) is -2.39. The predicted molar refractivity (Wildman–Crippen MR) is 69.1 cm³/mol. The van der Waals surface area contributed by atoms with Crippen LogP contribution in [0.2, 0.25) is 0 Å². The molecular formula is C15H15F3O2. The van der Waals surface area contributed by atoms with Crippen molar-refractivity contribution in [1.82, 2.24) is 0 Å². The van der Waals surface area contributed by atoms with E-state index in [0.717, 1.165) is 17.7 Å². The highest BCUT2D eigenvalue weighted by molar-refractivity contribution is 5.79. The van der Waals surface area contributed by atoms with Crippen molar-refractivity contribution in [1.29, 1.82) is 0 Å². The monoisotopic (exact) mass is 284 g/mol. The van der Waals surface area contributed by atoms with Crippen LogP contribution in [0.3, 0.4) is 0 Å². The van der Waals surface area contributed by atoms with Crippen LogP contribution in [0.4, 0.5) is 13.2 Å². The molecule has 2 nitrogen and oxygen atoms in total. The van der Waals surface area contributed by atoms with Crippen LogP contribution in [-0.4, -0.2) is 11.1 Å². The first-order chi connectivity index (χ1) is 9.20. The van der Waals surface area contributed by atoms with E-state index in [1.807, 2.05) is 0 Å². The van der Waals surface area contributed by atoms with Gasteiger partial charge in [0, 0.05) is 0 Å². The molecule has 1 aliphatic rings. The summed E-state index contributed by atoms with van der Waals surface area (Å²) in [4.78, 5) is 11.3. The summed E-state index contributed by atoms with van der Waals surface area (Å²) in [7, 11) is 0. The summed E-state index contributed by atoms with van der Waals surface area (Å²) in [5, 5.41) is 9.25. The Kier molecular flexibility index (Phi) is 3.63. The first-order valence-corrected chi connectivity index (χ1v) is 6.33. The molecule has 0 bridgehead atoms. The molecule has 1 N–H and O–H groups in total. The maximum absolute atomic E-state index is 12.7. The molecule has 1 atom stereocenters.